The van der Waals surface area contributed by atoms with Gasteiger partial charge < -0.3 is 4.74 Å². The van der Waals surface area contributed by atoms with E-state index in [2.05, 4.69) is 45.1 Å². The fourth-order valence-electron chi connectivity index (χ4n) is 2.36. The number of hydrogen-bond donors (Lipinski definition) is 0. The highest BCUT2D eigenvalue weighted by Gasteiger charge is 2.34. The highest BCUT2D eigenvalue weighted by atomic mass is 16.5. The van der Waals surface area contributed by atoms with Crippen LogP contribution in [0.25, 0.3) is 0 Å². The van der Waals surface area contributed by atoms with Crippen molar-refractivity contribution in [2.45, 2.75) is 47.5 Å². The summed E-state index contributed by atoms with van der Waals surface area (Å²) in [6.07, 6.45) is 11.0. The summed E-state index contributed by atoms with van der Waals surface area (Å²) in [6, 6.07) is 0. The van der Waals surface area contributed by atoms with E-state index >= 15 is 0 Å². The summed E-state index contributed by atoms with van der Waals surface area (Å²) >= 11 is 0. The average molecular weight is 234 g/mol. The molecule has 2 rings (SSSR count). The Labute approximate surface area is 106 Å². The van der Waals surface area contributed by atoms with Crippen LogP contribution in [0.2, 0.25) is 0 Å². The summed E-state index contributed by atoms with van der Waals surface area (Å²) in [4.78, 5) is 0. The van der Waals surface area contributed by atoms with Gasteiger partial charge in [0, 0.05) is 5.41 Å². The standard InChI is InChI=1S/C14H20O.C2H6/c1-11(2)14(3)9-5-4-8-13-12(14)7-6-10-15-13;1-2/h4-5,8-9,11H,6-7,10H2,1-3H3;1-2H3. The lowest BCUT2D eigenvalue weighted by atomic mass is 9.70. The van der Waals surface area contributed by atoms with Crippen molar-refractivity contribution in [3.8, 4) is 0 Å². The third-order valence-electron chi connectivity index (χ3n) is 3.78. The third kappa shape index (κ3) is 2.83. The van der Waals surface area contributed by atoms with Gasteiger partial charge in [-0.25, -0.2) is 0 Å². The van der Waals surface area contributed by atoms with Gasteiger partial charge in [0.25, 0.3) is 0 Å². The molecule has 0 aromatic carbocycles. The van der Waals surface area contributed by atoms with Gasteiger partial charge in [-0.2, -0.15) is 0 Å². The van der Waals surface area contributed by atoms with E-state index in [1.54, 1.807) is 0 Å². The molecule has 0 aromatic rings. The fourth-order valence-corrected chi connectivity index (χ4v) is 2.36. The van der Waals surface area contributed by atoms with Gasteiger partial charge in [0.05, 0.1) is 6.61 Å². The highest BCUT2D eigenvalue weighted by molar-refractivity contribution is 5.36. The van der Waals surface area contributed by atoms with Crippen LogP contribution in [-0.2, 0) is 4.74 Å². The summed E-state index contributed by atoms with van der Waals surface area (Å²) in [5.41, 5.74) is 1.65. The van der Waals surface area contributed by atoms with E-state index < -0.39 is 0 Å². The van der Waals surface area contributed by atoms with Crippen molar-refractivity contribution in [1.82, 2.24) is 0 Å². The van der Waals surface area contributed by atoms with Gasteiger partial charge >= 0.3 is 0 Å². The molecule has 0 bridgehead atoms. The van der Waals surface area contributed by atoms with Crippen molar-refractivity contribution in [2.75, 3.05) is 6.61 Å². The fraction of sp³-hybridized carbons (Fsp3) is 0.625. The van der Waals surface area contributed by atoms with E-state index in [-0.39, 0.29) is 5.41 Å². The molecule has 0 N–H and O–H groups in total. The normalized spacial score (nSPS) is 26.9. The molecule has 0 spiro atoms. The van der Waals surface area contributed by atoms with E-state index in [1.165, 1.54) is 12.0 Å². The first-order valence-electron chi connectivity index (χ1n) is 6.87. The lowest BCUT2D eigenvalue weighted by Crippen LogP contribution is -2.26. The molecule has 1 heteroatoms. The zero-order valence-electron chi connectivity index (χ0n) is 11.9. The van der Waals surface area contributed by atoms with Crippen LogP contribution in [0.1, 0.15) is 47.5 Å². The van der Waals surface area contributed by atoms with E-state index in [9.17, 15) is 0 Å². The molecule has 17 heavy (non-hydrogen) atoms. The molecule has 0 aromatic heterocycles. The molecular formula is C16H26O. The molecule has 0 saturated heterocycles. The molecule has 0 saturated carbocycles. The number of allylic oxidation sites excluding steroid dienone is 5. The largest absolute Gasteiger partial charge is 0.494 e. The van der Waals surface area contributed by atoms with Crippen LogP contribution in [0, 0.1) is 11.3 Å². The SMILES string of the molecule is CC.CC(C)C1(C)C=CC=CC2=C1CCCO2. The van der Waals surface area contributed by atoms with Crippen molar-refractivity contribution in [2.24, 2.45) is 11.3 Å². The van der Waals surface area contributed by atoms with Gasteiger partial charge in [0.15, 0.2) is 0 Å². The molecule has 96 valence electrons. The Morgan fingerprint density at radius 1 is 1.24 bits per heavy atom. The van der Waals surface area contributed by atoms with E-state index in [4.69, 9.17) is 4.74 Å². The quantitative estimate of drug-likeness (QED) is 0.629. The molecular weight excluding hydrogens is 208 g/mol. The third-order valence-corrected chi connectivity index (χ3v) is 3.78. The summed E-state index contributed by atoms with van der Waals surface area (Å²) in [5.74, 6) is 1.72. The molecule has 1 nitrogen and oxygen atoms in total. The van der Waals surface area contributed by atoms with Gasteiger partial charge in [0.1, 0.15) is 5.76 Å². The first-order valence-corrected chi connectivity index (χ1v) is 6.87. The van der Waals surface area contributed by atoms with Gasteiger partial charge in [-0.3, -0.25) is 0 Å². The van der Waals surface area contributed by atoms with E-state index in [1.807, 2.05) is 13.8 Å². The second kappa shape index (κ2) is 6.09. The van der Waals surface area contributed by atoms with Crippen molar-refractivity contribution in [3.05, 3.63) is 35.6 Å². The predicted octanol–water partition coefficient (Wildman–Crippen LogP) is 4.87. The van der Waals surface area contributed by atoms with Crippen molar-refractivity contribution < 1.29 is 4.74 Å². The van der Waals surface area contributed by atoms with Crippen LogP contribution in [0.15, 0.2) is 35.6 Å². The predicted molar refractivity (Wildman–Crippen MR) is 74.8 cm³/mol. The van der Waals surface area contributed by atoms with Gasteiger partial charge in [-0.1, -0.05) is 52.8 Å². The minimum absolute atomic E-state index is 0.166. The molecule has 1 aliphatic heterocycles. The maximum Gasteiger partial charge on any atom is 0.119 e. The molecule has 0 amide bonds. The zero-order valence-corrected chi connectivity index (χ0v) is 11.9. The van der Waals surface area contributed by atoms with Crippen LogP contribution >= 0.6 is 0 Å². The molecule has 1 unspecified atom stereocenters. The Bertz CT molecular complexity index is 333. The van der Waals surface area contributed by atoms with Crippen molar-refractivity contribution in [3.63, 3.8) is 0 Å². The first kappa shape index (κ1) is 14.1. The minimum atomic E-state index is 0.166. The topological polar surface area (TPSA) is 9.23 Å². The highest BCUT2D eigenvalue weighted by Crippen LogP contribution is 2.43. The Morgan fingerprint density at radius 3 is 2.59 bits per heavy atom. The van der Waals surface area contributed by atoms with Crippen LogP contribution in [0.5, 0.6) is 0 Å². The summed E-state index contributed by atoms with van der Waals surface area (Å²) in [5, 5.41) is 0. The Hall–Kier alpha value is -0.980. The number of ether oxygens (including phenoxy) is 1. The summed E-state index contributed by atoms with van der Waals surface area (Å²) in [6.45, 7) is 11.8. The maximum atomic E-state index is 5.76. The van der Waals surface area contributed by atoms with Crippen LogP contribution in [-0.4, -0.2) is 6.61 Å². The van der Waals surface area contributed by atoms with Crippen molar-refractivity contribution in [1.29, 1.82) is 0 Å². The molecule has 2 aliphatic rings. The Balaban J connectivity index is 0.000000686. The van der Waals surface area contributed by atoms with Crippen molar-refractivity contribution >= 4 is 0 Å². The van der Waals surface area contributed by atoms with Gasteiger partial charge in [-0.15, -0.1) is 0 Å². The molecule has 0 fully saturated rings. The zero-order chi connectivity index (χ0) is 12.9. The second-order valence-corrected chi connectivity index (χ2v) is 4.95. The lowest BCUT2D eigenvalue weighted by molar-refractivity contribution is 0.179. The van der Waals surface area contributed by atoms with Crippen LogP contribution < -0.4 is 0 Å². The summed E-state index contributed by atoms with van der Waals surface area (Å²) < 4.78 is 5.76. The first-order chi connectivity index (χ1) is 8.14. The van der Waals surface area contributed by atoms with Crippen LogP contribution in [0.4, 0.5) is 0 Å². The molecule has 1 aliphatic carbocycles. The maximum absolute atomic E-state index is 5.76. The number of hydrogen-bond acceptors (Lipinski definition) is 1. The Kier molecular flexibility index (Phi) is 5.04. The molecule has 1 heterocycles. The monoisotopic (exact) mass is 234 g/mol. The Morgan fingerprint density at radius 2 is 1.94 bits per heavy atom. The molecule has 1 atom stereocenters. The minimum Gasteiger partial charge on any atom is -0.494 e. The smallest absolute Gasteiger partial charge is 0.119 e. The average Bonchev–Trinajstić information content (AvgIpc) is 2.53. The van der Waals surface area contributed by atoms with Crippen LogP contribution in [0.3, 0.4) is 0 Å². The number of rotatable bonds is 1. The van der Waals surface area contributed by atoms with E-state index in [0.717, 1.165) is 18.8 Å². The molecule has 0 radical (unpaired) electrons. The second-order valence-electron chi connectivity index (χ2n) is 4.95. The summed E-state index contributed by atoms with van der Waals surface area (Å²) in [7, 11) is 0. The van der Waals surface area contributed by atoms with E-state index in [0.29, 0.717) is 5.92 Å². The van der Waals surface area contributed by atoms with Gasteiger partial charge in [-0.05, 0) is 30.4 Å². The van der Waals surface area contributed by atoms with Gasteiger partial charge in [0.2, 0.25) is 0 Å². The lowest BCUT2D eigenvalue weighted by Gasteiger charge is -2.36.